The first-order chi connectivity index (χ1) is 7.07. The number of aliphatic hydroxyl groups excluding tert-OH is 2. The van der Waals surface area contributed by atoms with Crippen LogP contribution in [0.4, 0.5) is 0 Å². The Kier molecular flexibility index (Phi) is 4.73. The molecule has 1 aromatic carbocycles. The summed E-state index contributed by atoms with van der Waals surface area (Å²) in [7, 11) is 0. The van der Waals surface area contributed by atoms with Crippen molar-refractivity contribution in [1.82, 2.24) is 0 Å². The van der Waals surface area contributed by atoms with Crippen molar-refractivity contribution in [3.63, 3.8) is 0 Å². The van der Waals surface area contributed by atoms with Gasteiger partial charge in [0.15, 0.2) is 0 Å². The van der Waals surface area contributed by atoms with Gasteiger partial charge in [-0.15, -0.1) is 0 Å². The molecule has 0 heterocycles. The molecular formula is C10H13ClO3S. The fourth-order valence-electron chi connectivity index (χ4n) is 1.26. The van der Waals surface area contributed by atoms with Crippen molar-refractivity contribution in [2.45, 2.75) is 18.6 Å². The normalized spacial score (nSPS) is 14.9. The molecule has 0 saturated heterocycles. The number of thiol groups is 1. The third-order valence-corrected chi connectivity index (χ3v) is 2.79. The van der Waals surface area contributed by atoms with Crippen LogP contribution in [0, 0.1) is 0 Å². The molecule has 1 aromatic rings. The smallest absolute Gasteiger partial charge is 0.134 e. The molecule has 2 unspecified atom stereocenters. The topological polar surface area (TPSA) is 60.7 Å². The van der Waals surface area contributed by atoms with Gasteiger partial charge in [-0.3, -0.25) is 0 Å². The first-order valence-corrected chi connectivity index (χ1v) is 5.53. The van der Waals surface area contributed by atoms with Gasteiger partial charge < -0.3 is 15.3 Å². The molecule has 0 saturated carbocycles. The maximum absolute atomic E-state index is 9.75. The fraction of sp³-hybridized carbons (Fsp3) is 0.400. The van der Waals surface area contributed by atoms with E-state index < -0.39 is 12.2 Å². The number of rotatable bonds is 4. The molecule has 3 nitrogen and oxygen atoms in total. The van der Waals surface area contributed by atoms with Crippen molar-refractivity contribution in [3.8, 4) is 5.75 Å². The van der Waals surface area contributed by atoms with Gasteiger partial charge in [-0.2, -0.15) is 12.6 Å². The van der Waals surface area contributed by atoms with Crippen molar-refractivity contribution in [1.29, 1.82) is 0 Å². The highest BCUT2D eigenvalue weighted by atomic mass is 35.5. The van der Waals surface area contributed by atoms with Gasteiger partial charge in [0, 0.05) is 5.56 Å². The van der Waals surface area contributed by atoms with Crippen LogP contribution in [0.3, 0.4) is 0 Å². The lowest BCUT2D eigenvalue weighted by Crippen LogP contribution is -2.18. The molecular weight excluding hydrogens is 236 g/mol. The molecule has 0 fully saturated rings. The van der Waals surface area contributed by atoms with Gasteiger partial charge in [0.2, 0.25) is 0 Å². The van der Waals surface area contributed by atoms with E-state index in [0.29, 0.717) is 17.7 Å². The van der Waals surface area contributed by atoms with Gasteiger partial charge in [0.25, 0.3) is 0 Å². The summed E-state index contributed by atoms with van der Waals surface area (Å²) in [6.45, 7) is 0. The number of hydrogen-bond donors (Lipinski definition) is 4. The van der Waals surface area contributed by atoms with E-state index in [1.807, 2.05) is 0 Å². The molecule has 3 N–H and O–H groups in total. The zero-order valence-corrected chi connectivity index (χ0v) is 9.62. The quantitative estimate of drug-likeness (QED) is 0.614. The number of aromatic hydroxyl groups is 1. The van der Waals surface area contributed by atoms with E-state index in [1.165, 1.54) is 6.07 Å². The van der Waals surface area contributed by atoms with E-state index in [9.17, 15) is 15.3 Å². The first kappa shape index (κ1) is 12.6. The Labute approximate surface area is 98.7 Å². The van der Waals surface area contributed by atoms with Gasteiger partial charge >= 0.3 is 0 Å². The van der Waals surface area contributed by atoms with Crippen molar-refractivity contribution in [2.75, 3.05) is 5.75 Å². The fourth-order valence-corrected chi connectivity index (χ4v) is 1.77. The van der Waals surface area contributed by atoms with E-state index in [1.54, 1.807) is 12.1 Å². The summed E-state index contributed by atoms with van der Waals surface area (Å²) in [6.07, 6.45) is -1.67. The Morgan fingerprint density at radius 1 is 1.33 bits per heavy atom. The van der Waals surface area contributed by atoms with Crippen LogP contribution in [0.5, 0.6) is 5.75 Å². The van der Waals surface area contributed by atoms with Crippen molar-refractivity contribution in [2.24, 2.45) is 0 Å². The molecule has 0 aliphatic heterocycles. The minimum atomic E-state index is -1.10. The van der Waals surface area contributed by atoms with Crippen molar-refractivity contribution >= 4 is 24.2 Å². The molecule has 0 amide bonds. The van der Waals surface area contributed by atoms with E-state index in [-0.39, 0.29) is 10.8 Å². The Morgan fingerprint density at radius 3 is 2.60 bits per heavy atom. The zero-order valence-electron chi connectivity index (χ0n) is 7.97. The number of benzene rings is 1. The van der Waals surface area contributed by atoms with Gasteiger partial charge in [-0.25, -0.2) is 0 Å². The van der Waals surface area contributed by atoms with Crippen LogP contribution < -0.4 is 0 Å². The van der Waals surface area contributed by atoms with E-state index >= 15 is 0 Å². The highest BCUT2D eigenvalue weighted by Gasteiger charge is 2.21. The monoisotopic (exact) mass is 248 g/mol. The van der Waals surface area contributed by atoms with Crippen molar-refractivity contribution in [3.05, 3.63) is 28.8 Å². The first-order valence-electron chi connectivity index (χ1n) is 4.52. The van der Waals surface area contributed by atoms with Crippen LogP contribution >= 0.6 is 24.2 Å². The predicted octanol–water partition coefficient (Wildman–Crippen LogP) is 1.76. The summed E-state index contributed by atoms with van der Waals surface area (Å²) in [5, 5.41) is 28.7. The zero-order chi connectivity index (χ0) is 11.4. The highest BCUT2D eigenvalue weighted by molar-refractivity contribution is 7.80. The Balaban J connectivity index is 2.90. The summed E-state index contributed by atoms with van der Waals surface area (Å²) >= 11 is 9.75. The molecule has 0 aromatic heterocycles. The number of phenols is 1. The second kappa shape index (κ2) is 5.61. The van der Waals surface area contributed by atoms with Crippen LogP contribution in [0.25, 0.3) is 0 Å². The second-order valence-corrected chi connectivity index (χ2v) is 4.03. The standard InChI is InChI=1S/C10H13ClO3S/c11-9-6(2-1-3-7(9)12)10(14)8(13)4-5-15/h1-3,8,10,12-15H,4-5H2. The molecule has 84 valence electrons. The number of hydrogen-bond acceptors (Lipinski definition) is 4. The Hall–Kier alpha value is -0.420. The molecule has 0 spiro atoms. The minimum Gasteiger partial charge on any atom is -0.506 e. The van der Waals surface area contributed by atoms with E-state index in [2.05, 4.69) is 12.6 Å². The van der Waals surface area contributed by atoms with Gasteiger partial charge in [0.05, 0.1) is 11.1 Å². The maximum atomic E-state index is 9.75. The highest BCUT2D eigenvalue weighted by Crippen LogP contribution is 2.32. The van der Waals surface area contributed by atoms with Crippen LogP contribution in [-0.4, -0.2) is 27.2 Å². The van der Waals surface area contributed by atoms with E-state index in [4.69, 9.17) is 11.6 Å². The lowest BCUT2D eigenvalue weighted by Gasteiger charge is -2.18. The third-order valence-electron chi connectivity index (χ3n) is 2.12. The largest absolute Gasteiger partial charge is 0.506 e. The SMILES string of the molecule is Oc1cccc(C(O)C(O)CCS)c1Cl. The van der Waals surface area contributed by atoms with Crippen LogP contribution in [0.2, 0.25) is 5.02 Å². The van der Waals surface area contributed by atoms with Crippen LogP contribution in [-0.2, 0) is 0 Å². The van der Waals surface area contributed by atoms with Crippen molar-refractivity contribution < 1.29 is 15.3 Å². The lowest BCUT2D eigenvalue weighted by atomic mass is 10.0. The molecule has 0 aliphatic rings. The van der Waals surface area contributed by atoms with Gasteiger partial charge in [-0.1, -0.05) is 23.7 Å². The van der Waals surface area contributed by atoms with Gasteiger partial charge in [-0.05, 0) is 18.2 Å². The van der Waals surface area contributed by atoms with Crippen LogP contribution in [0.15, 0.2) is 18.2 Å². The minimum absolute atomic E-state index is 0.0724. The lowest BCUT2D eigenvalue weighted by molar-refractivity contribution is 0.0172. The molecule has 0 radical (unpaired) electrons. The average molecular weight is 249 g/mol. The molecule has 1 rings (SSSR count). The summed E-state index contributed by atoms with van der Waals surface area (Å²) in [4.78, 5) is 0. The summed E-state index contributed by atoms with van der Waals surface area (Å²) in [5.74, 6) is 0.362. The average Bonchev–Trinajstić information content (AvgIpc) is 2.21. The molecule has 15 heavy (non-hydrogen) atoms. The molecule has 2 atom stereocenters. The summed E-state index contributed by atoms with van der Waals surface area (Å²) in [6, 6.07) is 4.55. The summed E-state index contributed by atoms with van der Waals surface area (Å²) < 4.78 is 0. The second-order valence-electron chi connectivity index (χ2n) is 3.20. The number of halogens is 1. The van der Waals surface area contributed by atoms with Crippen LogP contribution in [0.1, 0.15) is 18.1 Å². The maximum Gasteiger partial charge on any atom is 0.134 e. The number of aliphatic hydroxyl groups is 2. The molecule has 0 aliphatic carbocycles. The molecule has 0 bridgehead atoms. The number of phenolic OH excluding ortho intramolecular Hbond substituents is 1. The Bertz CT molecular complexity index is 332. The van der Waals surface area contributed by atoms with E-state index in [0.717, 1.165) is 0 Å². The summed E-state index contributed by atoms with van der Waals surface area (Å²) in [5.41, 5.74) is 0.325. The van der Waals surface area contributed by atoms with Gasteiger partial charge in [0.1, 0.15) is 11.9 Å². The predicted molar refractivity (Wildman–Crippen MR) is 62.6 cm³/mol. The Morgan fingerprint density at radius 2 is 2.00 bits per heavy atom. The molecule has 5 heteroatoms. The third kappa shape index (κ3) is 3.01.